The summed E-state index contributed by atoms with van der Waals surface area (Å²) >= 11 is 0. The molecule has 2 aromatic carbocycles. The Kier molecular flexibility index (Phi) is 9.21. The number of anilines is 2. The van der Waals surface area contributed by atoms with Gasteiger partial charge in [0, 0.05) is 24.1 Å². The molecule has 0 aliphatic carbocycles. The third kappa shape index (κ3) is 7.52. The maximum Gasteiger partial charge on any atom is 0.301 e. The van der Waals surface area contributed by atoms with E-state index < -0.39 is 42.4 Å². The van der Waals surface area contributed by atoms with Crippen molar-refractivity contribution >= 4 is 46.1 Å². The molecule has 0 saturated heterocycles. The summed E-state index contributed by atoms with van der Waals surface area (Å²) < 4.78 is 0. The number of nitro groups is 4. The summed E-state index contributed by atoms with van der Waals surface area (Å²) in [5, 5.41) is 52.1. The third-order valence-corrected chi connectivity index (χ3v) is 4.49. The molecule has 0 amide bonds. The predicted molar refractivity (Wildman–Crippen MR) is 127 cm³/mol. The quantitative estimate of drug-likeness (QED) is 0.223. The Balaban J connectivity index is 2.05. The number of non-ortho nitro benzene ring substituents is 2. The van der Waals surface area contributed by atoms with Crippen LogP contribution in [0.1, 0.15) is 32.6 Å². The van der Waals surface area contributed by atoms with Gasteiger partial charge >= 0.3 is 11.4 Å². The molecule has 0 heterocycles. The van der Waals surface area contributed by atoms with Crippen molar-refractivity contribution in [1.82, 2.24) is 0 Å². The van der Waals surface area contributed by atoms with Crippen molar-refractivity contribution in [2.75, 3.05) is 10.9 Å². The van der Waals surface area contributed by atoms with E-state index in [9.17, 15) is 40.5 Å². The van der Waals surface area contributed by atoms with Crippen LogP contribution in [0.25, 0.3) is 0 Å². The highest BCUT2D eigenvalue weighted by molar-refractivity contribution is 5.87. The molecule has 16 nitrogen and oxygen atoms in total. The molecule has 0 aliphatic rings. The number of benzene rings is 2. The molecular formula is C19H20N8O8. The van der Waals surface area contributed by atoms with Crippen LogP contribution in [-0.2, 0) is 0 Å². The lowest BCUT2D eigenvalue weighted by molar-refractivity contribution is -0.393. The average molecular weight is 488 g/mol. The van der Waals surface area contributed by atoms with Gasteiger partial charge in [-0.25, -0.2) is 0 Å². The minimum atomic E-state index is -0.764. The van der Waals surface area contributed by atoms with E-state index in [0.29, 0.717) is 25.0 Å². The van der Waals surface area contributed by atoms with Gasteiger partial charge in [0.25, 0.3) is 11.4 Å². The lowest BCUT2D eigenvalue weighted by Gasteiger charge is -2.06. The van der Waals surface area contributed by atoms with Gasteiger partial charge in [0.1, 0.15) is 11.4 Å². The molecule has 0 saturated carbocycles. The Morgan fingerprint density at radius 3 is 1.77 bits per heavy atom. The SMILES string of the molecule is CCC/C(CC/C=N\Nc1ccc([N+](=O)[O-])cc1[N+](=O)[O-])=N/Nc1ccc([N+](=O)[O-])cc1[N+](=O)[O-]. The van der Waals surface area contributed by atoms with Crippen molar-refractivity contribution in [3.63, 3.8) is 0 Å². The second-order valence-electron chi connectivity index (χ2n) is 6.93. The summed E-state index contributed by atoms with van der Waals surface area (Å²) in [6.45, 7) is 1.91. The van der Waals surface area contributed by atoms with Crippen LogP contribution in [0.5, 0.6) is 0 Å². The lowest BCUT2D eigenvalue weighted by atomic mass is 10.1. The molecule has 2 rings (SSSR count). The Morgan fingerprint density at radius 1 is 0.800 bits per heavy atom. The normalized spacial score (nSPS) is 11.3. The predicted octanol–water partition coefficient (Wildman–Crippen LogP) is 4.77. The molecule has 0 unspecified atom stereocenters. The monoisotopic (exact) mass is 488 g/mol. The van der Waals surface area contributed by atoms with Gasteiger partial charge in [0.2, 0.25) is 0 Å². The molecule has 2 N–H and O–H groups in total. The van der Waals surface area contributed by atoms with Crippen molar-refractivity contribution in [2.45, 2.75) is 32.6 Å². The van der Waals surface area contributed by atoms with Crippen LogP contribution in [0, 0.1) is 40.5 Å². The fourth-order valence-corrected chi connectivity index (χ4v) is 2.83. The molecule has 2 aromatic rings. The van der Waals surface area contributed by atoms with Gasteiger partial charge in [-0.05, 0) is 31.4 Å². The van der Waals surface area contributed by atoms with E-state index in [4.69, 9.17) is 0 Å². The van der Waals surface area contributed by atoms with Gasteiger partial charge in [-0.1, -0.05) is 13.3 Å². The third-order valence-electron chi connectivity index (χ3n) is 4.49. The smallest absolute Gasteiger partial charge is 0.272 e. The molecule has 0 radical (unpaired) electrons. The van der Waals surface area contributed by atoms with Crippen LogP contribution >= 0.6 is 0 Å². The summed E-state index contributed by atoms with van der Waals surface area (Å²) in [5.41, 5.74) is 3.84. The van der Waals surface area contributed by atoms with Crippen molar-refractivity contribution in [2.24, 2.45) is 10.2 Å². The molecule has 0 bridgehead atoms. The molecular weight excluding hydrogens is 468 g/mol. The number of hydrogen-bond acceptors (Lipinski definition) is 12. The van der Waals surface area contributed by atoms with Crippen LogP contribution in [0.4, 0.5) is 34.1 Å². The van der Waals surface area contributed by atoms with Gasteiger partial charge < -0.3 is 0 Å². The summed E-state index contributed by atoms with van der Waals surface area (Å²) in [4.78, 5) is 41.0. The summed E-state index contributed by atoms with van der Waals surface area (Å²) in [7, 11) is 0. The number of nitrogens with zero attached hydrogens (tertiary/aromatic N) is 6. The molecule has 0 aliphatic heterocycles. The van der Waals surface area contributed by atoms with E-state index in [2.05, 4.69) is 21.1 Å². The molecule has 0 aromatic heterocycles. The zero-order valence-corrected chi connectivity index (χ0v) is 18.3. The number of rotatable bonds is 13. The number of hydrogen-bond donors (Lipinski definition) is 2. The van der Waals surface area contributed by atoms with Crippen LogP contribution in [0.15, 0.2) is 46.6 Å². The highest BCUT2D eigenvalue weighted by atomic mass is 16.6. The molecule has 0 spiro atoms. The Labute approximate surface area is 196 Å². The first kappa shape index (κ1) is 26.2. The zero-order valence-electron chi connectivity index (χ0n) is 18.3. The van der Waals surface area contributed by atoms with Gasteiger partial charge in [0.05, 0.1) is 31.8 Å². The number of nitrogens with one attached hydrogen (secondary N) is 2. The number of nitro benzene ring substituents is 4. The fraction of sp³-hybridized carbons (Fsp3) is 0.263. The molecule has 35 heavy (non-hydrogen) atoms. The first-order valence-corrected chi connectivity index (χ1v) is 10.1. The molecule has 0 fully saturated rings. The van der Waals surface area contributed by atoms with Gasteiger partial charge in [-0.3, -0.25) is 51.3 Å². The zero-order chi connectivity index (χ0) is 26.0. The number of hydrazone groups is 2. The topological polar surface area (TPSA) is 221 Å². The molecule has 16 heteroatoms. The maximum atomic E-state index is 11.2. The van der Waals surface area contributed by atoms with Crippen molar-refractivity contribution in [3.05, 3.63) is 76.9 Å². The van der Waals surface area contributed by atoms with Crippen LogP contribution in [-0.4, -0.2) is 31.6 Å². The van der Waals surface area contributed by atoms with E-state index in [1.807, 2.05) is 6.92 Å². The largest absolute Gasteiger partial charge is 0.301 e. The standard InChI is InChI=1S/C19H20N8O8/c1-2-4-13(21-23-17-9-7-15(25(30)31)12-19(17)27(34)35)5-3-10-20-22-16-8-6-14(24(28)29)11-18(16)26(32)33/h6-12,22-23H,2-5H2,1H3/b20-10-,21-13-. The Bertz CT molecular complexity index is 1200. The molecule has 184 valence electrons. The second kappa shape index (κ2) is 12.3. The van der Waals surface area contributed by atoms with Crippen molar-refractivity contribution < 1.29 is 19.7 Å². The van der Waals surface area contributed by atoms with E-state index >= 15 is 0 Å². The highest BCUT2D eigenvalue weighted by Gasteiger charge is 2.20. The van der Waals surface area contributed by atoms with E-state index in [1.54, 1.807) is 0 Å². The minimum absolute atomic E-state index is 0.00461. The summed E-state index contributed by atoms with van der Waals surface area (Å²) in [5.74, 6) is 0. The summed E-state index contributed by atoms with van der Waals surface area (Å²) in [6.07, 6.45) is 3.48. The van der Waals surface area contributed by atoms with Gasteiger partial charge in [-0.15, -0.1) is 0 Å². The lowest BCUT2D eigenvalue weighted by Crippen LogP contribution is -2.05. The van der Waals surface area contributed by atoms with Gasteiger partial charge in [-0.2, -0.15) is 10.2 Å². The highest BCUT2D eigenvalue weighted by Crippen LogP contribution is 2.30. The van der Waals surface area contributed by atoms with Crippen LogP contribution in [0.3, 0.4) is 0 Å². The minimum Gasteiger partial charge on any atom is -0.272 e. The van der Waals surface area contributed by atoms with E-state index in [1.165, 1.54) is 18.3 Å². The first-order valence-electron chi connectivity index (χ1n) is 10.1. The average Bonchev–Trinajstić information content (AvgIpc) is 2.81. The maximum absolute atomic E-state index is 11.2. The van der Waals surface area contributed by atoms with Crippen molar-refractivity contribution in [3.8, 4) is 0 Å². The Morgan fingerprint density at radius 2 is 1.31 bits per heavy atom. The first-order chi connectivity index (χ1) is 16.6. The van der Waals surface area contributed by atoms with Crippen LogP contribution < -0.4 is 10.9 Å². The van der Waals surface area contributed by atoms with E-state index in [-0.39, 0.29) is 11.4 Å². The Hall–Kier alpha value is -5.02. The van der Waals surface area contributed by atoms with Gasteiger partial charge in [0.15, 0.2) is 0 Å². The van der Waals surface area contributed by atoms with Crippen LogP contribution in [0.2, 0.25) is 0 Å². The van der Waals surface area contributed by atoms with E-state index in [0.717, 1.165) is 30.7 Å². The fourth-order valence-electron chi connectivity index (χ4n) is 2.83. The van der Waals surface area contributed by atoms with Crippen molar-refractivity contribution in [1.29, 1.82) is 0 Å². The summed E-state index contributed by atoms with van der Waals surface area (Å²) in [6, 6.07) is 6.28. The molecule has 0 atom stereocenters. The second-order valence-corrected chi connectivity index (χ2v) is 6.93.